The predicted molar refractivity (Wildman–Crippen MR) is 104 cm³/mol. The highest BCUT2D eigenvalue weighted by atomic mass is 19.1. The van der Waals surface area contributed by atoms with E-state index >= 15 is 0 Å². The number of benzene rings is 3. The summed E-state index contributed by atoms with van der Waals surface area (Å²) in [6, 6.07) is 24.3. The van der Waals surface area contributed by atoms with Gasteiger partial charge in [-0.15, -0.1) is 0 Å². The van der Waals surface area contributed by atoms with Crippen LogP contribution in [0.1, 0.15) is 27.5 Å². The van der Waals surface area contributed by atoms with Crippen LogP contribution in [0.4, 0.5) is 4.39 Å². The Morgan fingerprint density at radius 2 is 1.57 bits per heavy atom. The van der Waals surface area contributed by atoms with Crippen LogP contribution in [0.3, 0.4) is 0 Å². The largest absolute Gasteiger partial charge is 0.452 e. The van der Waals surface area contributed by atoms with Crippen LogP contribution in [0.15, 0.2) is 84.9 Å². The maximum absolute atomic E-state index is 13.2. The van der Waals surface area contributed by atoms with Crippen molar-refractivity contribution in [2.75, 3.05) is 6.61 Å². The Hall–Kier alpha value is -3.47. The van der Waals surface area contributed by atoms with Gasteiger partial charge in [0, 0.05) is 0 Å². The molecule has 0 heterocycles. The molecule has 0 radical (unpaired) electrons. The number of hydrogen-bond acceptors (Lipinski definition) is 3. The van der Waals surface area contributed by atoms with Crippen LogP contribution in [0.2, 0.25) is 0 Å². The van der Waals surface area contributed by atoms with Crippen LogP contribution in [-0.4, -0.2) is 18.5 Å². The summed E-state index contributed by atoms with van der Waals surface area (Å²) in [5, 5.41) is 2.91. The molecule has 3 rings (SSSR count). The van der Waals surface area contributed by atoms with Gasteiger partial charge < -0.3 is 10.1 Å². The summed E-state index contributed by atoms with van der Waals surface area (Å²) in [6.07, 6.45) is 0.606. The Morgan fingerprint density at radius 3 is 2.25 bits per heavy atom. The highest BCUT2D eigenvalue weighted by molar-refractivity contribution is 5.91. The Labute approximate surface area is 163 Å². The number of carbonyl (C=O) groups is 2. The van der Waals surface area contributed by atoms with Gasteiger partial charge in [0.1, 0.15) is 5.82 Å². The molecule has 0 spiro atoms. The van der Waals surface area contributed by atoms with Crippen LogP contribution in [0.5, 0.6) is 0 Å². The highest BCUT2D eigenvalue weighted by Gasteiger charge is 2.17. The second-order valence-electron chi connectivity index (χ2n) is 6.31. The first-order valence-electron chi connectivity index (χ1n) is 8.93. The molecule has 1 N–H and O–H groups in total. The quantitative estimate of drug-likeness (QED) is 0.631. The Morgan fingerprint density at radius 1 is 0.893 bits per heavy atom. The van der Waals surface area contributed by atoms with Crippen molar-refractivity contribution in [3.05, 3.63) is 107 Å². The number of hydrogen-bond donors (Lipinski definition) is 1. The Balaban J connectivity index is 1.63. The fraction of sp³-hybridized carbons (Fsp3) is 0.130. The van der Waals surface area contributed by atoms with Crippen molar-refractivity contribution >= 4 is 11.9 Å². The first kappa shape index (κ1) is 19.3. The van der Waals surface area contributed by atoms with Gasteiger partial charge in [-0.05, 0) is 35.7 Å². The summed E-state index contributed by atoms with van der Waals surface area (Å²) in [5.74, 6) is -1.70. The van der Waals surface area contributed by atoms with E-state index in [4.69, 9.17) is 4.74 Å². The van der Waals surface area contributed by atoms with Crippen LogP contribution in [-0.2, 0) is 16.0 Å². The van der Waals surface area contributed by atoms with Crippen LogP contribution < -0.4 is 5.32 Å². The molecule has 142 valence electrons. The third kappa shape index (κ3) is 5.51. The molecular weight excluding hydrogens is 357 g/mol. The van der Waals surface area contributed by atoms with E-state index in [9.17, 15) is 14.0 Å². The minimum absolute atomic E-state index is 0.0664. The SMILES string of the molecule is O=C(COC(=O)c1cccc(F)c1)NC(Cc1ccccc1)c1ccccc1. The van der Waals surface area contributed by atoms with Gasteiger partial charge in [0.2, 0.25) is 0 Å². The number of rotatable bonds is 7. The molecule has 0 aliphatic rings. The third-order valence-electron chi connectivity index (χ3n) is 4.21. The summed E-state index contributed by atoms with van der Waals surface area (Å²) in [4.78, 5) is 24.3. The van der Waals surface area contributed by atoms with Crippen molar-refractivity contribution < 1.29 is 18.7 Å². The van der Waals surface area contributed by atoms with E-state index in [1.807, 2.05) is 60.7 Å². The second kappa shape index (κ2) is 9.46. The summed E-state index contributed by atoms with van der Waals surface area (Å²) in [6.45, 7) is -0.437. The van der Waals surface area contributed by atoms with Crippen molar-refractivity contribution in [2.24, 2.45) is 0 Å². The number of amides is 1. The lowest BCUT2D eigenvalue weighted by Crippen LogP contribution is -2.33. The number of nitrogens with one attached hydrogen (secondary N) is 1. The van der Waals surface area contributed by atoms with Crippen LogP contribution >= 0.6 is 0 Å². The molecule has 5 heteroatoms. The molecular formula is C23H20FNO3. The molecule has 0 fully saturated rings. The molecule has 0 bridgehead atoms. The van der Waals surface area contributed by atoms with Crippen LogP contribution in [0.25, 0.3) is 0 Å². The molecule has 1 amide bonds. The monoisotopic (exact) mass is 377 g/mol. The highest BCUT2D eigenvalue weighted by Crippen LogP contribution is 2.18. The molecule has 0 aliphatic heterocycles. The van der Waals surface area contributed by atoms with Crippen LogP contribution in [0, 0.1) is 5.82 Å². The number of carbonyl (C=O) groups excluding carboxylic acids is 2. The molecule has 3 aromatic rings. The lowest BCUT2D eigenvalue weighted by molar-refractivity contribution is -0.125. The summed E-state index contributed by atoms with van der Waals surface area (Å²) >= 11 is 0. The summed E-state index contributed by atoms with van der Waals surface area (Å²) in [5.41, 5.74) is 2.10. The van der Waals surface area contributed by atoms with Crippen molar-refractivity contribution in [2.45, 2.75) is 12.5 Å². The number of halogens is 1. The average molecular weight is 377 g/mol. The van der Waals surface area contributed by atoms with Gasteiger partial charge in [0.15, 0.2) is 6.61 Å². The molecule has 3 aromatic carbocycles. The molecule has 1 unspecified atom stereocenters. The number of ether oxygens (including phenoxy) is 1. The molecule has 0 saturated carbocycles. The van der Waals surface area contributed by atoms with E-state index in [2.05, 4.69) is 5.32 Å². The average Bonchev–Trinajstić information content (AvgIpc) is 2.73. The smallest absolute Gasteiger partial charge is 0.338 e. The Bertz CT molecular complexity index is 929. The Kier molecular flexibility index (Phi) is 6.52. The maximum atomic E-state index is 13.2. The minimum atomic E-state index is -0.742. The molecule has 4 nitrogen and oxygen atoms in total. The zero-order chi connectivity index (χ0) is 19.8. The zero-order valence-corrected chi connectivity index (χ0v) is 15.2. The van der Waals surface area contributed by atoms with Crippen molar-refractivity contribution in [3.8, 4) is 0 Å². The normalized spacial score (nSPS) is 11.5. The summed E-state index contributed by atoms with van der Waals surface area (Å²) < 4.78 is 18.2. The predicted octanol–water partition coefficient (Wildman–Crippen LogP) is 4.08. The first-order chi connectivity index (χ1) is 13.6. The van der Waals surface area contributed by atoms with Gasteiger partial charge in [-0.2, -0.15) is 0 Å². The maximum Gasteiger partial charge on any atom is 0.338 e. The third-order valence-corrected chi connectivity index (χ3v) is 4.21. The molecule has 28 heavy (non-hydrogen) atoms. The molecule has 0 aromatic heterocycles. The lowest BCUT2D eigenvalue weighted by atomic mass is 9.99. The van der Waals surface area contributed by atoms with Crippen molar-refractivity contribution in [3.63, 3.8) is 0 Å². The van der Waals surface area contributed by atoms with Crippen molar-refractivity contribution in [1.29, 1.82) is 0 Å². The zero-order valence-electron chi connectivity index (χ0n) is 15.2. The van der Waals surface area contributed by atoms with Crippen molar-refractivity contribution in [1.82, 2.24) is 5.32 Å². The second-order valence-corrected chi connectivity index (χ2v) is 6.31. The van der Waals surface area contributed by atoms with Gasteiger partial charge in [0.05, 0.1) is 11.6 Å². The minimum Gasteiger partial charge on any atom is -0.452 e. The van der Waals surface area contributed by atoms with Gasteiger partial charge in [0.25, 0.3) is 5.91 Å². The molecule has 0 aliphatic carbocycles. The fourth-order valence-electron chi connectivity index (χ4n) is 2.85. The van der Waals surface area contributed by atoms with E-state index < -0.39 is 24.3 Å². The fourth-order valence-corrected chi connectivity index (χ4v) is 2.85. The molecule has 0 saturated heterocycles. The summed E-state index contributed by atoms with van der Waals surface area (Å²) in [7, 11) is 0. The van der Waals surface area contributed by atoms with E-state index in [1.54, 1.807) is 0 Å². The topological polar surface area (TPSA) is 55.4 Å². The van der Waals surface area contributed by atoms with Gasteiger partial charge in [-0.1, -0.05) is 66.7 Å². The van der Waals surface area contributed by atoms with E-state index in [0.29, 0.717) is 6.42 Å². The standard InChI is InChI=1S/C23H20FNO3/c24-20-13-7-12-19(15-20)23(27)28-16-22(26)25-21(18-10-5-2-6-11-18)14-17-8-3-1-4-9-17/h1-13,15,21H,14,16H2,(H,25,26). The van der Waals surface area contributed by atoms with Gasteiger partial charge in [-0.3, -0.25) is 4.79 Å². The number of esters is 1. The van der Waals surface area contributed by atoms with E-state index in [0.717, 1.165) is 17.2 Å². The van der Waals surface area contributed by atoms with E-state index in [-0.39, 0.29) is 11.6 Å². The van der Waals surface area contributed by atoms with E-state index in [1.165, 1.54) is 18.2 Å². The first-order valence-corrected chi connectivity index (χ1v) is 8.93. The van der Waals surface area contributed by atoms with Gasteiger partial charge >= 0.3 is 5.97 Å². The lowest BCUT2D eigenvalue weighted by Gasteiger charge is -2.19. The molecule has 1 atom stereocenters. The van der Waals surface area contributed by atoms with Gasteiger partial charge in [-0.25, -0.2) is 9.18 Å².